The summed E-state index contributed by atoms with van der Waals surface area (Å²) in [4.78, 5) is 13.9. The first-order valence-corrected chi connectivity index (χ1v) is 6.32. The van der Waals surface area contributed by atoms with E-state index in [1.165, 1.54) is 0 Å². The van der Waals surface area contributed by atoms with Crippen LogP contribution in [-0.4, -0.2) is 23.4 Å². The fourth-order valence-corrected chi connectivity index (χ4v) is 1.99. The third-order valence-electron chi connectivity index (χ3n) is 2.93. The monoisotopic (exact) mass is 288 g/mol. The summed E-state index contributed by atoms with van der Waals surface area (Å²) in [5, 5.41) is 0.722. The van der Waals surface area contributed by atoms with Crippen LogP contribution in [0.2, 0.25) is 5.02 Å². The van der Waals surface area contributed by atoms with Gasteiger partial charge in [-0.2, -0.15) is 0 Å². The molecule has 0 atom stereocenters. The van der Waals surface area contributed by atoms with Gasteiger partial charge in [-0.1, -0.05) is 23.7 Å². The van der Waals surface area contributed by atoms with Crippen LogP contribution in [0.4, 0.5) is 0 Å². The van der Waals surface area contributed by atoms with Crippen molar-refractivity contribution in [3.8, 4) is 0 Å². The second-order valence-electron chi connectivity index (χ2n) is 4.42. The van der Waals surface area contributed by atoms with Crippen LogP contribution in [0.15, 0.2) is 24.3 Å². The highest BCUT2D eigenvalue weighted by Gasteiger charge is 2.31. The summed E-state index contributed by atoms with van der Waals surface area (Å²) in [7, 11) is 0. The number of nitrogens with zero attached hydrogens (tertiary/aromatic N) is 1. The molecule has 0 radical (unpaired) electrons. The Labute approximate surface area is 119 Å². The number of nitrogens with two attached hydrogens (primary N) is 1. The first kappa shape index (κ1) is 15.3. The summed E-state index contributed by atoms with van der Waals surface area (Å²) in [6.07, 6.45) is 2.66. The molecule has 0 unspecified atom stereocenters. The minimum atomic E-state index is 0. The molecule has 1 aromatic rings. The highest BCUT2D eigenvalue weighted by molar-refractivity contribution is 6.30. The van der Waals surface area contributed by atoms with Gasteiger partial charge in [0.05, 0.1) is 0 Å². The van der Waals surface area contributed by atoms with Gasteiger partial charge in [0.25, 0.3) is 0 Å². The van der Waals surface area contributed by atoms with Gasteiger partial charge < -0.3 is 10.6 Å². The lowest BCUT2D eigenvalue weighted by molar-refractivity contribution is -0.132. The number of carbonyl (C=O) groups excluding carboxylic acids is 1. The van der Waals surface area contributed by atoms with Gasteiger partial charge in [0.2, 0.25) is 5.91 Å². The zero-order valence-corrected chi connectivity index (χ0v) is 11.7. The van der Waals surface area contributed by atoms with Crippen molar-refractivity contribution >= 4 is 29.9 Å². The second-order valence-corrected chi connectivity index (χ2v) is 4.85. The molecule has 5 heteroatoms. The third-order valence-corrected chi connectivity index (χ3v) is 3.18. The molecule has 0 spiro atoms. The largest absolute Gasteiger partial charge is 0.335 e. The number of halogens is 2. The third kappa shape index (κ3) is 4.16. The van der Waals surface area contributed by atoms with Crippen LogP contribution >= 0.6 is 24.0 Å². The zero-order valence-electron chi connectivity index (χ0n) is 10.1. The van der Waals surface area contributed by atoms with Gasteiger partial charge in [-0.25, -0.2) is 0 Å². The summed E-state index contributed by atoms with van der Waals surface area (Å²) >= 11 is 5.84. The van der Waals surface area contributed by atoms with Crippen molar-refractivity contribution in [2.24, 2.45) is 5.73 Å². The van der Waals surface area contributed by atoms with E-state index in [0.29, 0.717) is 25.6 Å². The van der Waals surface area contributed by atoms with E-state index >= 15 is 0 Å². The first-order chi connectivity index (χ1) is 8.20. The molecule has 3 nitrogen and oxygen atoms in total. The fraction of sp³-hybridized carbons (Fsp3) is 0.462. The summed E-state index contributed by atoms with van der Waals surface area (Å²) in [6, 6.07) is 8.07. The number of benzene rings is 1. The Kier molecular flexibility index (Phi) is 5.93. The van der Waals surface area contributed by atoms with E-state index in [1.54, 1.807) is 0 Å². The normalized spacial score (nSPS) is 13.9. The molecule has 1 saturated carbocycles. The van der Waals surface area contributed by atoms with E-state index < -0.39 is 0 Å². The Morgan fingerprint density at radius 3 is 2.44 bits per heavy atom. The van der Waals surface area contributed by atoms with Gasteiger partial charge in [-0.3, -0.25) is 4.79 Å². The van der Waals surface area contributed by atoms with Gasteiger partial charge in [0, 0.05) is 30.6 Å². The molecule has 100 valence electrons. The quantitative estimate of drug-likeness (QED) is 0.905. The number of carbonyl (C=O) groups is 1. The van der Waals surface area contributed by atoms with E-state index in [9.17, 15) is 4.79 Å². The van der Waals surface area contributed by atoms with Crippen LogP contribution in [0.5, 0.6) is 0 Å². The maximum absolute atomic E-state index is 11.9. The van der Waals surface area contributed by atoms with E-state index in [-0.39, 0.29) is 18.3 Å². The lowest BCUT2D eigenvalue weighted by Gasteiger charge is -2.22. The Morgan fingerprint density at radius 1 is 1.33 bits per heavy atom. The first-order valence-electron chi connectivity index (χ1n) is 5.94. The molecule has 0 saturated heterocycles. The van der Waals surface area contributed by atoms with Crippen molar-refractivity contribution < 1.29 is 4.79 Å². The Balaban J connectivity index is 0.00000162. The van der Waals surface area contributed by atoms with Crippen LogP contribution in [0.1, 0.15) is 24.8 Å². The molecule has 1 aliphatic carbocycles. The average molecular weight is 289 g/mol. The Bertz CT molecular complexity index is 390. The SMILES string of the molecule is Cl.NCCC(=O)N(Cc1ccc(Cl)cc1)C1CC1. The van der Waals surface area contributed by atoms with Crippen LogP contribution in [0.25, 0.3) is 0 Å². The van der Waals surface area contributed by atoms with Gasteiger partial charge in [0.15, 0.2) is 0 Å². The maximum Gasteiger partial charge on any atom is 0.224 e. The van der Waals surface area contributed by atoms with E-state index in [0.717, 1.165) is 23.4 Å². The Hall–Kier alpha value is -0.770. The van der Waals surface area contributed by atoms with E-state index in [1.807, 2.05) is 29.2 Å². The molecule has 0 aromatic heterocycles. The van der Waals surface area contributed by atoms with Gasteiger partial charge in [-0.15, -0.1) is 12.4 Å². The van der Waals surface area contributed by atoms with Crippen LogP contribution < -0.4 is 5.73 Å². The fourth-order valence-electron chi connectivity index (χ4n) is 1.86. The van der Waals surface area contributed by atoms with Crippen LogP contribution in [-0.2, 0) is 11.3 Å². The van der Waals surface area contributed by atoms with Crippen molar-refractivity contribution in [1.29, 1.82) is 0 Å². The van der Waals surface area contributed by atoms with Crippen molar-refractivity contribution in [2.75, 3.05) is 6.54 Å². The summed E-state index contributed by atoms with van der Waals surface area (Å²) in [6.45, 7) is 1.09. The van der Waals surface area contributed by atoms with Gasteiger partial charge in [-0.05, 0) is 30.5 Å². The molecular weight excluding hydrogens is 271 g/mol. The zero-order chi connectivity index (χ0) is 12.3. The number of hydrogen-bond acceptors (Lipinski definition) is 2. The second kappa shape index (κ2) is 6.98. The molecule has 1 aromatic carbocycles. The van der Waals surface area contributed by atoms with Crippen molar-refractivity contribution in [3.63, 3.8) is 0 Å². The molecule has 1 aliphatic rings. The molecule has 2 N–H and O–H groups in total. The standard InChI is InChI=1S/C13H17ClN2O.ClH/c14-11-3-1-10(2-4-11)9-16(12-5-6-12)13(17)7-8-15;/h1-4,12H,5-9,15H2;1H. The van der Waals surface area contributed by atoms with Crippen LogP contribution in [0, 0.1) is 0 Å². The lowest BCUT2D eigenvalue weighted by atomic mass is 10.2. The summed E-state index contributed by atoms with van der Waals surface area (Å²) in [5.41, 5.74) is 6.55. The van der Waals surface area contributed by atoms with Crippen molar-refractivity contribution in [3.05, 3.63) is 34.9 Å². The van der Waals surface area contributed by atoms with Crippen molar-refractivity contribution in [1.82, 2.24) is 4.90 Å². The predicted octanol–water partition coefficient (Wildman–Crippen LogP) is 2.60. The highest BCUT2D eigenvalue weighted by atomic mass is 35.5. The van der Waals surface area contributed by atoms with Gasteiger partial charge >= 0.3 is 0 Å². The molecule has 0 bridgehead atoms. The average Bonchev–Trinajstić information content (AvgIpc) is 3.12. The molecule has 18 heavy (non-hydrogen) atoms. The van der Waals surface area contributed by atoms with E-state index in [4.69, 9.17) is 17.3 Å². The topological polar surface area (TPSA) is 46.3 Å². The molecule has 0 heterocycles. The minimum absolute atomic E-state index is 0. The summed E-state index contributed by atoms with van der Waals surface area (Å²) in [5.74, 6) is 0.157. The number of hydrogen-bond donors (Lipinski definition) is 1. The van der Waals surface area contributed by atoms with Crippen LogP contribution in [0.3, 0.4) is 0 Å². The predicted molar refractivity (Wildman–Crippen MR) is 75.9 cm³/mol. The lowest BCUT2D eigenvalue weighted by Crippen LogP contribution is -2.33. The number of rotatable bonds is 5. The molecule has 0 aliphatic heterocycles. The van der Waals surface area contributed by atoms with Crippen molar-refractivity contribution in [2.45, 2.75) is 31.8 Å². The smallest absolute Gasteiger partial charge is 0.224 e. The minimum Gasteiger partial charge on any atom is -0.335 e. The van der Waals surface area contributed by atoms with E-state index in [2.05, 4.69) is 0 Å². The van der Waals surface area contributed by atoms with Gasteiger partial charge in [0.1, 0.15) is 0 Å². The highest BCUT2D eigenvalue weighted by Crippen LogP contribution is 2.29. The Morgan fingerprint density at radius 2 is 1.94 bits per heavy atom. The molecular formula is C13H18Cl2N2O. The maximum atomic E-state index is 11.9. The summed E-state index contributed by atoms with van der Waals surface area (Å²) < 4.78 is 0. The molecule has 2 rings (SSSR count). The molecule has 1 fully saturated rings. The number of amides is 1. The molecule has 1 amide bonds.